The molecule has 31 heavy (non-hydrogen) atoms. The molecule has 168 valence electrons. The van der Waals surface area contributed by atoms with E-state index in [1.54, 1.807) is 17.0 Å². The van der Waals surface area contributed by atoms with Gasteiger partial charge in [-0.1, -0.05) is 0 Å². The Morgan fingerprint density at radius 2 is 2.06 bits per heavy atom. The van der Waals surface area contributed by atoms with Crippen molar-refractivity contribution in [3.63, 3.8) is 0 Å². The standard InChI is InChI=1S/C23H27F3N2O3/c24-15-2-3-18-17(10-15)22(13-31-18)5-7-27(8-6-22)16-9-14-1-4-19-23(14,11-16)28(19)21(29)30-12-20(25)26/h2-3,10,14,16,19-20H,1,4-9,11-13H2/t14?,16?,19?,23-,28?/m1/s1. The minimum Gasteiger partial charge on any atom is -0.492 e. The number of rotatable bonds is 3. The molecule has 5 aliphatic rings. The van der Waals surface area contributed by atoms with Crippen molar-refractivity contribution in [1.82, 2.24) is 9.80 Å². The van der Waals surface area contributed by atoms with Crippen molar-refractivity contribution in [3.05, 3.63) is 29.6 Å². The first-order chi connectivity index (χ1) is 14.9. The molecule has 2 saturated heterocycles. The topological polar surface area (TPSA) is 41.8 Å². The molecule has 4 atom stereocenters. The number of carbonyl (C=O) groups excluding carboxylic acids is 1. The highest BCUT2D eigenvalue weighted by Gasteiger charge is 2.75. The summed E-state index contributed by atoms with van der Waals surface area (Å²) in [7, 11) is 0. The monoisotopic (exact) mass is 436 g/mol. The van der Waals surface area contributed by atoms with Gasteiger partial charge in [0.2, 0.25) is 0 Å². The van der Waals surface area contributed by atoms with E-state index in [-0.39, 0.29) is 22.8 Å². The lowest BCUT2D eigenvalue weighted by molar-refractivity contribution is 0.0376. The largest absolute Gasteiger partial charge is 0.492 e. The van der Waals surface area contributed by atoms with Crippen LogP contribution in [0, 0.1) is 11.7 Å². The predicted octanol–water partition coefficient (Wildman–Crippen LogP) is 3.95. The number of hydrogen-bond acceptors (Lipinski definition) is 4. The van der Waals surface area contributed by atoms with Gasteiger partial charge in [0.15, 0.2) is 6.61 Å². The molecule has 8 heteroatoms. The van der Waals surface area contributed by atoms with Gasteiger partial charge in [-0.3, -0.25) is 4.90 Å². The van der Waals surface area contributed by atoms with Gasteiger partial charge in [-0.15, -0.1) is 0 Å². The van der Waals surface area contributed by atoms with Gasteiger partial charge in [0.1, 0.15) is 11.6 Å². The summed E-state index contributed by atoms with van der Waals surface area (Å²) in [6.45, 7) is 1.63. The van der Waals surface area contributed by atoms with Crippen molar-refractivity contribution in [1.29, 1.82) is 0 Å². The smallest absolute Gasteiger partial charge is 0.410 e. The van der Waals surface area contributed by atoms with Crippen LogP contribution in [-0.2, 0) is 10.2 Å². The lowest BCUT2D eigenvalue weighted by Gasteiger charge is -2.41. The normalized spacial score (nSPS) is 35.1. The van der Waals surface area contributed by atoms with Crippen molar-refractivity contribution < 1.29 is 27.4 Å². The van der Waals surface area contributed by atoms with Gasteiger partial charge < -0.3 is 14.4 Å². The summed E-state index contributed by atoms with van der Waals surface area (Å²) in [5.74, 6) is 1.03. The number of amides is 1. The number of carbonyl (C=O) groups is 1. The maximum atomic E-state index is 13.9. The molecular weight excluding hydrogens is 409 g/mol. The van der Waals surface area contributed by atoms with Crippen LogP contribution in [0.25, 0.3) is 0 Å². The van der Waals surface area contributed by atoms with Crippen LogP contribution >= 0.6 is 0 Å². The Bertz CT molecular complexity index is 904. The molecule has 0 aromatic heterocycles. The minimum atomic E-state index is -2.63. The van der Waals surface area contributed by atoms with Crippen LogP contribution in [0.3, 0.4) is 0 Å². The molecule has 3 unspecified atom stereocenters. The van der Waals surface area contributed by atoms with E-state index in [2.05, 4.69) is 4.90 Å². The first-order valence-corrected chi connectivity index (χ1v) is 11.3. The number of ether oxygens (including phenoxy) is 2. The van der Waals surface area contributed by atoms with Gasteiger partial charge in [0, 0.05) is 17.0 Å². The van der Waals surface area contributed by atoms with E-state index in [9.17, 15) is 18.0 Å². The van der Waals surface area contributed by atoms with Gasteiger partial charge >= 0.3 is 6.09 Å². The molecule has 1 aromatic rings. The summed E-state index contributed by atoms with van der Waals surface area (Å²) in [6, 6.07) is 5.37. The first-order valence-electron chi connectivity index (χ1n) is 11.3. The lowest BCUT2D eigenvalue weighted by Crippen LogP contribution is -2.47. The number of nitrogens with zero attached hydrogens (tertiary/aromatic N) is 2. The number of alkyl halides is 2. The third-order valence-electron chi connectivity index (χ3n) is 8.70. The number of likely N-dealkylation sites (tertiary alicyclic amines) is 2. The van der Waals surface area contributed by atoms with Crippen LogP contribution in [0.4, 0.5) is 18.0 Å². The van der Waals surface area contributed by atoms with Crippen LogP contribution in [0.1, 0.15) is 44.1 Å². The molecule has 3 heterocycles. The van der Waals surface area contributed by atoms with Gasteiger partial charge in [0.25, 0.3) is 6.43 Å². The van der Waals surface area contributed by atoms with Crippen molar-refractivity contribution in [2.24, 2.45) is 5.92 Å². The quantitative estimate of drug-likeness (QED) is 0.673. The number of benzene rings is 1. The maximum Gasteiger partial charge on any atom is 0.410 e. The Morgan fingerprint density at radius 1 is 1.26 bits per heavy atom. The fraction of sp³-hybridized carbons (Fsp3) is 0.696. The zero-order valence-electron chi connectivity index (χ0n) is 17.4. The van der Waals surface area contributed by atoms with Gasteiger partial charge in [-0.25, -0.2) is 18.0 Å². The Labute approximate surface area is 179 Å². The summed E-state index contributed by atoms with van der Waals surface area (Å²) >= 11 is 0. The maximum absolute atomic E-state index is 13.9. The second-order valence-corrected chi connectivity index (χ2v) is 9.96. The van der Waals surface area contributed by atoms with E-state index in [1.165, 1.54) is 6.07 Å². The fourth-order valence-corrected chi connectivity index (χ4v) is 7.23. The zero-order valence-corrected chi connectivity index (χ0v) is 17.4. The van der Waals surface area contributed by atoms with E-state index in [4.69, 9.17) is 9.47 Å². The summed E-state index contributed by atoms with van der Waals surface area (Å²) in [4.78, 5) is 16.6. The predicted molar refractivity (Wildman–Crippen MR) is 106 cm³/mol. The third-order valence-corrected chi connectivity index (χ3v) is 8.70. The molecule has 5 nitrogen and oxygen atoms in total. The van der Waals surface area contributed by atoms with Crippen molar-refractivity contribution in [3.8, 4) is 5.75 Å². The number of fused-ring (bicyclic) bond motifs is 2. The third kappa shape index (κ3) is 2.82. The van der Waals surface area contributed by atoms with Crippen LogP contribution < -0.4 is 4.74 Å². The molecule has 3 aliphatic heterocycles. The Balaban J connectivity index is 1.12. The second kappa shape index (κ2) is 6.77. The van der Waals surface area contributed by atoms with E-state index in [0.29, 0.717) is 18.6 Å². The molecule has 6 rings (SSSR count). The molecule has 2 aliphatic carbocycles. The number of halogens is 3. The summed E-state index contributed by atoms with van der Waals surface area (Å²) < 4.78 is 49.5. The van der Waals surface area contributed by atoms with Crippen molar-refractivity contribution >= 4 is 6.09 Å². The summed E-state index contributed by atoms with van der Waals surface area (Å²) in [6.07, 6.45) is 2.65. The summed E-state index contributed by atoms with van der Waals surface area (Å²) in [5.41, 5.74) is 0.725. The number of piperidine rings is 2. The zero-order chi connectivity index (χ0) is 21.4. The first kappa shape index (κ1) is 19.7. The highest BCUT2D eigenvalue weighted by Crippen LogP contribution is 2.65. The van der Waals surface area contributed by atoms with E-state index in [0.717, 1.165) is 62.9 Å². The van der Waals surface area contributed by atoms with Gasteiger partial charge in [0.05, 0.1) is 18.2 Å². The van der Waals surface area contributed by atoms with E-state index < -0.39 is 19.1 Å². The fourth-order valence-electron chi connectivity index (χ4n) is 7.23. The molecule has 2 saturated carbocycles. The van der Waals surface area contributed by atoms with Crippen LogP contribution in [-0.4, -0.2) is 66.2 Å². The molecule has 0 radical (unpaired) electrons. The van der Waals surface area contributed by atoms with E-state index >= 15 is 0 Å². The van der Waals surface area contributed by atoms with Crippen molar-refractivity contribution in [2.45, 2.75) is 68.0 Å². The van der Waals surface area contributed by atoms with Crippen LogP contribution in [0.15, 0.2) is 18.2 Å². The highest BCUT2D eigenvalue weighted by molar-refractivity contribution is 5.74. The molecule has 1 amide bonds. The minimum absolute atomic E-state index is 0.103. The Kier molecular flexibility index (Phi) is 4.30. The molecule has 0 bridgehead atoms. The number of hydrogen-bond donors (Lipinski definition) is 0. The second-order valence-electron chi connectivity index (χ2n) is 9.96. The Morgan fingerprint density at radius 3 is 2.84 bits per heavy atom. The SMILES string of the molecule is O=C(OCC(F)F)N1C2CCC3CC(N4CCC5(CC4)COc4ccc(F)cc45)C[C@@]321. The molecule has 4 fully saturated rings. The average molecular weight is 436 g/mol. The lowest BCUT2D eigenvalue weighted by atomic mass is 9.74. The molecule has 2 spiro atoms. The molecule has 1 aromatic carbocycles. The summed E-state index contributed by atoms with van der Waals surface area (Å²) in [5, 5.41) is 0. The van der Waals surface area contributed by atoms with Crippen LogP contribution in [0.2, 0.25) is 0 Å². The Hall–Kier alpha value is -1.96. The van der Waals surface area contributed by atoms with E-state index in [1.807, 2.05) is 0 Å². The van der Waals surface area contributed by atoms with Crippen LogP contribution in [0.5, 0.6) is 5.75 Å². The van der Waals surface area contributed by atoms with Gasteiger partial charge in [-0.05, 0) is 75.7 Å². The molecule has 0 N–H and O–H groups in total. The highest BCUT2D eigenvalue weighted by atomic mass is 19.3. The van der Waals surface area contributed by atoms with Crippen molar-refractivity contribution in [2.75, 3.05) is 26.3 Å². The molecular formula is C23H27F3N2O3. The van der Waals surface area contributed by atoms with Gasteiger partial charge in [-0.2, -0.15) is 0 Å². The average Bonchev–Trinajstić information content (AvgIpc) is 3.03.